The summed E-state index contributed by atoms with van der Waals surface area (Å²) in [4.78, 5) is 24.6. The molecular formula is C15H22N2O4. The molecule has 1 amide bonds. The van der Waals surface area contributed by atoms with Gasteiger partial charge in [0, 0.05) is 20.0 Å². The zero-order chi connectivity index (χ0) is 15.8. The maximum Gasteiger partial charge on any atom is 0.305 e. The summed E-state index contributed by atoms with van der Waals surface area (Å²) in [5.41, 5.74) is 6.79. The Labute approximate surface area is 124 Å². The van der Waals surface area contributed by atoms with Gasteiger partial charge in [0.05, 0.1) is 13.2 Å². The van der Waals surface area contributed by atoms with Gasteiger partial charge in [0.1, 0.15) is 5.75 Å². The second-order valence-corrected chi connectivity index (χ2v) is 4.92. The van der Waals surface area contributed by atoms with Crippen molar-refractivity contribution >= 4 is 11.9 Å². The second-order valence-electron chi connectivity index (χ2n) is 4.92. The van der Waals surface area contributed by atoms with Crippen LogP contribution in [0.5, 0.6) is 5.75 Å². The van der Waals surface area contributed by atoms with Crippen molar-refractivity contribution in [3.63, 3.8) is 0 Å². The van der Waals surface area contributed by atoms with Crippen LogP contribution in [0.25, 0.3) is 0 Å². The number of phenols is 1. The predicted octanol–water partition coefficient (Wildman–Crippen LogP) is 0.674. The molecule has 21 heavy (non-hydrogen) atoms. The van der Waals surface area contributed by atoms with E-state index in [0.717, 1.165) is 5.56 Å². The molecule has 1 aromatic rings. The Morgan fingerprint density at radius 1 is 1.33 bits per heavy atom. The average molecular weight is 294 g/mol. The standard InChI is InChI=1S/C15H22N2O4/c1-17(9-3-4-14(19)21-2)15(20)13(16)10-11-5-7-12(18)8-6-11/h5-8,13,18H,3-4,9-10,16H2,1-2H3. The number of hydrogen-bond donors (Lipinski definition) is 2. The maximum atomic E-state index is 12.1. The van der Waals surface area contributed by atoms with E-state index in [4.69, 9.17) is 5.73 Å². The fourth-order valence-electron chi connectivity index (χ4n) is 1.93. The second kappa shape index (κ2) is 8.26. The van der Waals surface area contributed by atoms with E-state index in [1.165, 1.54) is 12.0 Å². The highest BCUT2D eigenvalue weighted by molar-refractivity contribution is 5.81. The number of carbonyl (C=O) groups excluding carboxylic acids is 2. The van der Waals surface area contributed by atoms with Crippen molar-refractivity contribution in [1.82, 2.24) is 4.90 Å². The van der Waals surface area contributed by atoms with Crippen LogP contribution in [-0.2, 0) is 20.7 Å². The molecule has 0 radical (unpaired) electrons. The number of benzene rings is 1. The van der Waals surface area contributed by atoms with Crippen molar-refractivity contribution in [2.75, 3.05) is 20.7 Å². The van der Waals surface area contributed by atoms with Gasteiger partial charge >= 0.3 is 5.97 Å². The van der Waals surface area contributed by atoms with Gasteiger partial charge in [-0.3, -0.25) is 9.59 Å². The third-order valence-corrected chi connectivity index (χ3v) is 3.19. The zero-order valence-electron chi connectivity index (χ0n) is 12.4. The molecule has 0 aliphatic heterocycles. The van der Waals surface area contributed by atoms with E-state index in [9.17, 15) is 14.7 Å². The van der Waals surface area contributed by atoms with Gasteiger partial charge in [0.2, 0.25) is 5.91 Å². The Kier molecular flexibility index (Phi) is 6.68. The van der Waals surface area contributed by atoms with Crippen LogP contribution in [0.2, 0.25) is 0 Å². The van der Waals surface area contributed by atoms with Gasteiger partial charge in [-0.15, -0.1) is 0 Å². The number of rotatable bonds is 7. The molecule has 0 saturated heterocycles. The van der Waals surface area contributed by atoms with Gasteiger partial charge in [-0.05, 0) is 30.5 Å². The Balaban J connectivity index is 2.42. The van der Waals surface area contributed by atoms with Crippen molar-refractivity contribution in [2.45, 2.75) is 25.3 Å². The summed E-state index contributed by atoms with van der Waals surface area (Å²) in [7, 11) is 3.00. The van der Waals surface area contributed by atoms with Gasteiger partial charge < -0.3 is 20.5 Å². The quantitative estimate of drug-likeness (QED) is 0.721. The van der Waals surface area contributed by atoms with Gasteiger partial charge in [-0.2, -0.15) is 0 Å². The molecule has 3 N–H and O–H groups in total. The summed E-state index contributed by atoms with van der Waals surface area (Å²) >= 11 is 0. The lowest BCUT2D eigenvalue weighted by Crippen LogP contribution is -2.43. The Bertz CT molecular complexity index is 473. The highest BCUT2D eigenvalue weighted by Gasteiger charge is 2.18. The lowest BCUT2D eigenvalue weighted by atomic mass is 10.1. The van der Waals surface area contributed by atoms with Crippen LogP contribution in [0.3, 0.4) is 0 Å². The number of carbonyl (C=O) groups is 2. The average Bonchev–Trinajstić information content (AvgIpc) is 2.48. The van der Waals surface area contributed by atoms with E-state index in [-0.39, 0.29) is 24.0 Å². The van der Waals surface area contributed by atoms with Crippen LogP contribution in [0.1, 0.15) is 18.4 Å². The lowest BCUT2D eigenvalue weighted by Gasteiger charge is -2.21. The van der Waals surface area contributed by atoms with E-state index in [1.54, 1.807) is 31.3 Å². The molecule has 0 spiro atoms. The number of likely N-dealkylation sites (N-methyl/N-ethyl adjacent to an activating group) is 1. The van der Waals surface area contributed by atoms with Crippen molar-refractivity contribution in [1.29, 1.82) is 0 Å². The van der Waals surface area contributed by atoms with E-state index in [2.05, 4.69) is 4.74 Å². The number of ether oxygens (including phenoxy) is 1. The number of nitrogens with two attached hydrogens (primary N) is 1. The summed E-state index contributed by atoms with van der Waals surface area (Å²) in [5.74, 6) is -0.282. The molecule has 116 valence electrons. The Morgan fingerprint density at radius 2 is 1.95 bits per heavy atom. The fraction of sp³-hybridized carbons (Fsp3) is 0.467. The van der Waals surface area contributed by atoms with Crippen LogP contribution in [-0.4, -0.2) is 48.6 Å². The first kappa shape index (κ1) is 17.0. The predicted molar refractivity (Wildman–Crippen MR) is 78.7 cm³/mol. The van der Waals surface area contributed by atoms with Gasteiger partial charge in [-0.1, -0.05) is 12.1 Å². The molecule has 1 unspecified atom stereocenters. The van der Waals surface area contributed by atoms with Crippen LogP contribution < -0.4 is 5.73 Å². The van der Waals surface area contributed by atoms with Crippen LogP contribution in [0, 0.1) is 0 Å². The summed E-state index contributed by atoms with van der Waals surface area (Å²) in [6, 6.07) is 5.95. The molecule has 0 bridgehead atoms. The molecular weight excluding hydrogens is 272 g/mol. The lowest BCUT2D eigenvalue weighted by molar-refractivity contribution is -0.141. The summed E-state index contributed by atoms with van der Waals surface area (Å²) in [6.45, 7) is 0.456. The number of amides is 1. The van der Waals surface area contributed by atoms with E-state index >= 15 is 0 Å². The minimum Gasteiger partial charge on any atom is -0.508 e. The Morgan fingerprint density at radius 3 is 2.52 bits per heavy atom. The number of esters is 1. The molecule has 0 heterocycles. The first-order valence-electron chi connectivity index (χ1n) is 6.79. The first-order chi connectivity index (χ1) is 9.93. The maximum absolute atomic E-state index is 12.1. The number of nitrogens with zero attached hydrogens (tertiary/aromatic N) is 1. The molecule has 6 nitrogen and oxygen atoms in total. The minimum absolute atomic E-state index is 0.173. The highest BCUT2D eigenvalue weighted by atomic mass is 16.5. The summed E-state index contributed by atoms with van der Waals surface area (Å²) in [6.07, 6.45) is 1.22. The van der Waals surface area contributed by atoms with Gasteiger partial charge in [0.15, 0.2) is 0 Å². The number of phenolic OH excluding ortho intramolecular Hbond substituents is 1. The molecule has 0 saturated carbocycles. The molecule has 1 rings (SSSR count). The Hall–Kier alpha value is -2.08. The smallest absolute Gasteiger partial charge is 0.305 e. The number of methoxy groups -OCH3 is 1. The topological polar surface area (TPSA) is 92.9 Å². The number of aromatic hydroxyl groups is 1. The molecule has 0 fully saturated rings. The largest absolute Gasteiger partial charge is 0.508 e. The van der Waals surface area contributed by atoms with Crippen molar-refractivity contribution < 1.29 is 19.4 Å². The fourth-order valence-corrected chi connectivity index (χ4v) is 1.93. The minimum atomic E-state index is -0.641. The van der Waals surface area contributed by atoms with E-state index < -0.39 is 6.04 Å². The summed E-state index contributed by atoms with van der Waals surface area (Å²) < 4.78 is 4.54. The molecule has 0 aromatic heterocycles. The normalized spacial score (nSPS) is 11.8. The molecule has 1 aromatic carbocycles. The van der Waals surface area contributed by atoms with Crippen molar-refractivity contribution in [2.24, 2.45) is 5.73 Å². The summed E-state index contributed by atoms with van der Waals surface area (Å²) in [5, 5.41) is 9.21. The monoisotopic (exact) mass is 294 g/mol. The van der Waals surface area contributed by atoms with E-state index in [1.807, 2.05) is 0 Å². The third kappa shape index (κ3) is 5.83. The molecule has 0 aliphatic rings. The first-order valence-corrected chi connectivity index (χ1v) is 6.79. The molecule has 1 atom stereocenters. The highest BCUT2D eigenvalue weighted by Crippen LogP contribution is 2.11. The SMILES string of the molecule is COC(=O)CCCN(C)C(=O)C(N)Cc1ccc(O)cc1. The van der Waals surface area contributed by atoms with E-state index in [0.29, 0.717) is 19.4 Å². The van der Waals surface area contributed by atoms with Crippen LogP contribution >= 0.6 is 0 Å². The van der Waals surface area contributed by atoms with Crippen molar-refractivity contribution in [3.8, 4) is 5.75 Å². The van der Waals surface area contributed by atoms with Crippen LogP contribution in [0.15, 0.2) is 24.3 Å². The molecule has 6 heteroatoms. The van der Waals surface area contributed by atoms with Crippen LogP contribution in [0.4, 0.5) is 0 Å². The molecule has 0 aliphatic carbocycles. The van der Waals surface area contributed by atoms with Crippen molar-refractivity contribution in [3.05, 3.63) is 29.8 Å². The zero-order valence-corrected chi connectivity index (χ0v) is 12.4. The third-order valence-electron chi connectivity index (χ3n) is 3.19. The number of hydrogen-bond acceptors (Lipinski definition) is 5. The van der Waals surface area contributed by atoms with Gasteiger partial charge in [0.25, 0.3) is 0 Å². The van der Waals surface area contributed by atoms with Gasteiger partial charge in [-0.25, -0.2) is 0 Å².